The summed E-state index contributed by atoms with van der Waals surface area (Å²) in [5.41, 5.74) is -4.88. The molecule has 0 aliphatic rings. The number of carbonyl (C=O) groups is 1. The zero-order valence-corrected chi connectivity index (χ0v) is 15.4. The van der Waals surface area contributed by atoms with Crippen molar-refractivity contribution in [3.05, 3.63) is 53.7 Å². The molecule has 0 saturated carbocycles. The van der Waals surface area contributed by atoms with Crippen molar-refractivity contribution in [2.45, 2.75) is 17.0 Å². The van der Waals surface area contributed by atoms with Gasteiger partial charge in [-0.25, -0.2) is 13.4 Å². The quantitative estimate of drug-likeness (QED) is 0.805. The number of halogens is 3. The lowest BCUT2D eigenvalue weighted by Gasteiger charge is -2.12. The minimum Gasteiger partial charge on any atom is -0.322 e. The van der Waals surface area contributed by atoms with Gasteiger partial charge in [0.2, 0.25) is 0 Å². The summed E-state index contributed by atoms with van der Waals surface area (Å²) in [7, 11) is -1.86. The fourth-order valence-electron chi connectivity index (χ4n) is 2.19. The predicted molar refractivity (Wildman–Crippen MR) is 94.1 cm³/mol. The van der Waals surface area contributed by atoms with Crippen LogP contribution in [0.25, 0.3) is 0 Å². The summed E-state index contributed by atoms with van der Waals surface area (Å²) in [6.07, 6.45) is 1.67. The van der Waals surface area contributed by atoms with Gasteiger partial charge in [-0.1, -0.05) is 12.1 Å². The Morgan fingerprint density at radius 1 is 1.15 bits per heavy atom. The van der Waals surface area contributed by atoms with Gasteiger partial charge in [0, 0.05) is 18.4 Å². The second kappa shape index (κ2) is 8.05. The van der Waals surface area contributed by atoms with Crippen molar-refractivity contribution in [3.63, 3.8) is 0 Å². The standard InChI is InChI=1S/C17H18F3N3O3S/c1-23(2)11-9-12-5-7-13(8-6-12)22-15(24)14-4-3-10-21-16(14)27(25,26)17(18,19)20/h3-8,10H,9,11H2,1-2H3,(H,22,24). The van der Waals surface area contributed by atoms with Crippen molar-refractivity contribution in [1.29, 1.82) is 0 Å². The van der Waals surface area contributed by atoms with E-state index in [1.807, 2.05) is 19.0 Å². The number of nitrogens with one attached hydrogen (secondary N) is 1. The van der Waals surface area contributed by atoms with E-state index in [0.717, 1.165) is 30.8 Å². The van der Waals surface area contributed by atoms with E-state index in [4.69, 9.17) is 0 Å². The number of hydrogen-bond acceptors (Lipinski definition) is 5. The molecule has 2 rings (SSSR count). The van der Waals surface area contributed by atoms with Gasteiger partial charge in [-0.2, -0.15) is 13.2 Å². The second-order valence-corrected chi connectivity index (χ2v) is 7.87. The van der Waals surface area contributed by atoms with E-state index in [1.165, 1.54) is 6.07 Å². The van der Waals surface area contributed by atoms with Crippen molar-refractivity contribution in [2.75, 3.05) is 26.0 Å². The minimum atomic E-state index is -5.74. The maximum atomic E-state index is 12.8. The lowest BCUT2D eigenvalue weighted by molar-refractivity contribution is -0.0438. The Labute approximate surface area is 154 Å². The van der Waals surface area contributed by atoms with E-state index in [2.05, 4.69) is 10.3 Å². The molecule has 0 spiro atoms. The number of anilines is 1. The molecule has 0 atom stereocenters. The van der Waals surface area contributed by atoms with Gasteiger partial charge in [0.25, 0.3) is 15.7 Å². The van der Waals surface area contributed by atoms with Crippen LogP contribution in [0, 0.1) is 0 Å². The number of hydrogen-bond donors (Lipinski definition) is 1. The molecule has 146 valence electrons. The minimum absolute atomic E-state index is 0.327. The van der Waals surface area contributed by atoms with Gasteiger partial charge in [-0.3, -0.25) is 4.79 Å². The molecule has 1 amide bonds. The number of sulfone groups is 1. The fourth-order valence-corrected chi connectivity index (χ4v) is 3.06. The van der Waals surface area contributed by atoms with Crippen LogP contribution in [0.15, 0.2) is 47.6 Å². The summed E-state index contributed by atoms with van der Waals surface area (Å²) in [5.74, 6) is -0.994. The Balaban J connectivity index is 2.23. The number of nitrogens with zero attached hydrogens (tertiary/aromatic N) is 2. The van der Waals surface area contributed by atoms with E-state index in [0.29, 0.717) is 5.69 Å². The highest BCUT2D eigenvalue weighted by Crippen LogP contribution is 2.31. The molecule has 1 N–H and O–H groups in total. The molecule has 0 saturated heterocycles. The molecule has 1 aromatic heterocycles. The number of carbonyl (C=O) groups excluding carboxylic acids is 1. The number of benzene rings is 1. The van der Waals surface area contributed by atoms with Gasteiger partial charge < -0.3 is 10.2 Å². The maximum absolute atomic E-state index is 12.8. The predicted octanol–water partition coefficient (Wildman–Crippen LogP) is 2.73. The monoisotopic (exact) mass is 401 g/mol. The summed E-state index contributed by atoms with van der Waals surface area (Å²) in [6.45, 7) is 0.833. The molecule has 0 bridgehead atoms. The molecule has 0 unspecified atom stereocenters. The van der Waals surface area contributed by atoms with Crippen LogP contribution in [0.1, 0.15) is 15.9 Å². The van der Waals surface area contributed by atoms with Crippen molar-refractivity contribution < 1.29 is 26.4 Å². The number of aromatic nitrogens is 1. The Kier molecular flexibility index (Phi) is 6.22. The van der Waals surface area contributed by atoms with Gasteiger partial charge in [0.1, 0.15) is 0 Å². The molecular formula is C17H18F3N3O3S. The lowest BCUT2D eigenvalue weighted by atomic mass is 10.1. The van der Waals surface area contributed by atoms with Crippen molar-refractivity contribution >= 4 is 21.4 Å². The van der Waals surface area contributed by atoms with E-state index < -0.39 is 31.8 Å². The van der Waals surface area contributed by atoms with Crippen LogP contribution in [-0.4, -0.2) is 50.4 Å². The van der Waals surface area contributed by atoms with Gasteiger partial charge in [-0.15, -0.1) is 0 Å². The largest absolute Gasteiger partial charge is 0.503 e. The Morgan fingerprint density at radius 3 is 2.33 bits per heavy atom. The Bertz CT molecular complexity index is 911. The molecule has 0 fully saturated rings. The van der Waals surface area contributed by atoms with Crippen LogP contribution in [-0.2, 0) is 16.3 Å². The van der Waals surface area contributed by atoms with E-state index in [9.17, 15) is 26.4 Å². The van der Waals surface area contributed by atoms with E-state index in [-0.39, 0.29) is 0 Å². The summed E-state index contributed by atoms with van der Waals surface area (Å²) in [5, 5.41) is 1.07. The summed E-state index contributed by atoms with van der Waals surface area (Å²) in [6, 6.07) is 8.90. The normalized spacial score (nSPS) is 12.2. The van der Waals surface area contributed by atoms with E-state index in [1.54, 1.807) is 24.3 Å². The summed E-state index contributed by atoms with van der Waals surface area (Å²) < 4.78 is 61.7. The number of likely N-dealkylation sites (N-methyl/N-ethyl adjacent to an activating group) is 1. The van der Waals surface area contributed by atoms with E-state index >= 15 is 0 Å². The van der Waals surface area contributed by atoms with Crippen LogP contribution >= 0.6 is 0 Å². The number of pyridine rings is 1. The smallest absolute Gasteiger partial charge is 0.322 e. The maximum Gasteiger partial charge on any atom is 0.503 e. The third-order valence-corrected chi connectivity index (χ3v) is 5.08. The average molecular weight is 401 g/mol. The summed E-state index contributed by atoms with van der Waals surface area (Å²) >= 11 is 0. The van der Waals surface area contributed by atoms with Gasteiger partial charge >= 0.3 is 5.51 Å². The number of rotatable bonds is 6. The van der Waals surface area contributed by atoms with Crippen LogP contribution < -0.4 is 5.32 Å². The highest BCUT2D eigenvalue weighted by Gasteiger charge is 2.49. The SMILES string of the molecule is CN(C)CCc1ccc(NC(=O)c2cccnc2S(=O)(=O)C(F)(F)F)cc1. The molecule has 1 aromatic carbocycles. The molecule has 27 heavy (non-hydrogen) atoms. The van der Waals surface area contributed by atoms with Gasteiger partial charge in [0.05, 0.1) is 5.56 Å². The highest BCUT2D eigenvalue weighted by molar-refractivity contribution is 7.92. The molecule has 0 radical (unpaired) electrons. The molecule has 1 heterocycles. The molecule has 0 aliphatic heterocycles. The first-order valence-electron chi connectivity index (χ1n) is 7.84. The third kappa shape index (κ3) is 5.04. The molecule has 0 aliphatic carbocycles. The molecular weight excluding hydrogens is 383 g/mol. The highest BCUT2D eigenvalue weighted by atomic mass is 32.2. The van der Waals surface area contributed by atoms with Crippen molar-refractivity contribution in [1.82, 2.24) is 9.88 Å². The van der Waals surface area contributed by atoms with Gasteiger partial charge in [-0.05, 0) is 50.3 Å². The zero-order chi connectivity index (χ0) is 20.2. The van der Waals surface area contributed by atoms with Crippen LogP contribution in [0.3, 0.4) is 0 Å². The van der Waals surface area contributed by atoms with Gasteiger partial charge in [0.15, 0.2) is 5.03 Å². The topological polar surface area (TPSA) is 79.4 Å². The zero-order valence-electron chi connectivity index (χ0n) is 14.6. The average Bonchev–Trinajstić information content (AvgIpc) is 2.60. The first kappa shape index (κ1) is 20.8. The first-order chi connectivity index (χ1) is 12.5. The van der Waals surface area contributed by atoms with Crippen LogP contribution in [0.4, 0.5) is 18.9 Å². The molecule has 2 aromatic rings. The Hall–Kier alpha value is -2.46. The van der Waals surface area contributed by atoms with Crippen molar-refractivity contribution in [2.24, 2.45) is 0 Å². The Morgan fingerprint density at radius 2 is 1.78 bits per heavy atom. The van der Waals surface area contributed by atoms with Crippen LogP contribution in [0.2, 0.25) is 0 Å². The van der Waals surface area contributed by atoms with Crippen molar-refractivity contribution in [3.8, 4) is 0 Å². The second-order valence-electron chi connectivity index (χ2n) is 6.01. The third-order valence-electron chi connectivity index (χ3n) is 3.63. The molecule has 10 heteroatoms. The lowest BCUT2D eigenvalue weighted by Crippen LogP contribution is -2.27. The number of alkyl halides is 3. The fraction of sp³-hybridized carbons (Fsp3) is 0.294. The van der Waals surface area contributed by atoms with Crippen LogP contribution in [0.5, 0.6) is 0 Å². The molecule has 6 nitrogen and oxygen atoms in total. The summed E-state index contributed by atoms with van der Waals surface area (Å²) in [4.78, 5) is 17.6. The number of amides is 1. The first-order valence-corrected chi connectivity index (χ1v) is 9.32.